The lowest BCUT2D eigenvalue weighted by Gasteiger charge is -2.03. The van der Waals surface area contributed by atoms with Crippen LogP contribution in [0.4, 0.5) is 0 Å². The van der Waals surface area contributed by atoms with Gasteiger partial charge in [0.2, 0.25) is 0 Å². The predicted molar refractivity (Wildman–Crippen MR) is 76.1 cm³/mol. The number of hydrogen-bond acceptors (Lipinski definition) is 4. The Labute approximate surface area is 117 Å². The SMILES string of the molecule is CS(=O)(=O)CCCC(=O)CSc1ccccc1Cl. The van der Waals surface area contributed by atoms with E-state index in [1.54, 1.807) is 6.07 Å². The van der Waals surface area contributed by atoms with Gasteiger partial charge in [0, 0.05) is 17.6 Å². The average Bonchev–Trinajstić information content (AvgIpc) is 2.26. The van der Waals surface area contributed by atoms with Crippen LogP contribution in [0, 0.1) is 0 Å². The van der Waals surface area contributed by atoms with Gasteiger partial charge in [-0.1, -0.05) is 23.7 Å². The summed E-state index contributed by atoms with van der Waals surface area (Å²) in [7, 11) is -2.97. The molecule has 0 aliphatic carbocycles. The molecule has 0 aliphatic heterocycles. The summed E-state index contributed by atoms with van der Waals surface area (Å²) >= 11 is 7.34. The summed E-state index contributed by atoms with van der Waals surface area (Å²) in [5.74, 6) is 0.437. The van der Waals surface area contributed by atoms with Crippen LogP contribution in [-0.2, 0) is 14.6 Å². The van der Waals surface area contributed by atoms with Crippen LogP contribution in [-0.4, -0.2) is 32.0 Å². The smallest absolute Gasteiger partial charge is 0.147 e. The van der Waals surface area contributed by atoms with E-state index in [1.807, 2.05) is 18.2 Å². The van der Waals surface area contributed by atoms with Gasteiger partial charge < -0.3 is 0 Å². The Morgan fingerprint density at radius 2 is 2.00 bits per heavy atom. The summed E-state index contributed by atoms with van der Waals surface area (Å²) in [6.45, 7) is 0. The molecule has 0 amide bonds. The molecule has 0 unspecified atom stereocenters. The van der Waals surface area contributed by atoms with Gasteiger partial charge in [0.05, 0.1) is 16.5 Å². The third-order valence-corrected chi connectivity index (χ3v) is 4.80. The van der Waals surface area contributed by atoms with Gasteiger partial charge in [0.1, 0.15) is 15.6 Å². The molecular weight excluding hydrogens is 292 g/mol. The van der Waals surface area contributed by atoms with E-state index in [0.717, 1.165) is 4.90 Å². The summed E-state index contributed by atoms with van der Waals surface area (Å²) in [4.78, 5) is 12.4. The molecule has 18 heavy (non-hydrogen) atoms. The highest BCUT2D eigenvalue weighted by Gasteiger charge is 2.08. The number of hydrogen-bond donors (Lipinski definition) is 0. The standard InChI is InChI=1S/C12H15ClO3S2/c1-18(15,16)8-4-5-10(14)9-17-12-7-3-2-6-11(12)13/h2-3,6-7H,4-5,8-9H2,1H3. The average molecular weight is 307 g/mol. The molecule has 100 valence electrons. The number of carbonyl (C=O) groups excluding carboxylic acids is 1. The zero-order valence-electron chi connectivity index (χ0n) is 10.1. The van der Waals surface area contributed by atoms with Gasteiger partial charge in [0.15, 0.2) is 0 Å². The fourth-order valence-electron chi connectivity index (χ4n) is 1.32. The highest BCUT2D eigenvalue weighted by atomic mass is 35.5. The molecule has 0 saturated carbocycles. The largest absolute Gasteiger partial charge is 0.299 e. The van der Waals surface area contributed by atoms with Crippen molar-refractivity contribution >= 4 is 39.0 Å². The van der Waals surface area contributed by atoms with Crippen molar-refractivity contribution in [1.29, 1.82) is 0 Å². The molecule has 0 bridgehead atoms. The molecule has 6 heteroatoms. The highest BCUT2D eigenvalue weighted by molar-refractivity contribution is 8.00. The molecule has 3 nitrogen and oxygen atoms in total. The zero-order valence-corrected chi connectivity index (χ0v) is 12.4. The Kier molecular flexibility index (Phi) is 6.18. The topological polar surface area (TPSA) is 51.2 Å². The first-order valence-corrected chi connectivity index (χ1v) is 8.87. The summed E-state index contributed by atoms with van der Waals surface area (Å²) in [6, 6.07) is 7.33. The second kappa shape index (κ2) is 7.16. The maximum absolute atomic E-state index is 11.6. The van der Waals surface area contributed by atoms with Crippen LogP contribution in [0.3, 0.4) is 0 Å². The molecule has 0 N–H and O–H groups in total. The molecule has 0 saturated heterocycles. The first-order valence-electron chi connectivity index (χ1n) is 5.45. The molecule has 0 heterocycles. The number of sulfone groups is 1. The fourth-order valence-corrected chi connectivity index (χ4v) is 3.13. The summed E-state index contributed by atoms with van der Waals surface area (Å²) in [5, 5.41) is 0.631. The van der Waals surface area contributed by atoms with Crippen LogP contribution < -0.4 is 0 Å². The van der Waals surface area contributed by atoms with Crippen molar-refractivity contribution in [2.24, 2.45) is 0 Å². The number of ketones is 1. The van der Waals surface area contributed by atoms with Crippen LogP contribution >= 0.6 is 23.4 Å². The van der Waals surface area contributed by atoms with E-state index in [2.05, 4.69) is 0 Å². The third kappa shape index (κ3) is 6.42. The lowest BCUT2D eigenvalue weighted by molar-refractivity contribution is -0.116. The maximum atomic E-state index is 11.6. The van der Waals surface area contributed by atoms with Crippen molar-refractivity contribution in [3.05, 3.63) is 29.3 Å². The van der Waals surface area contributed by atoms with E-state index in [0.29, 0.717) is 23.6 Å². The first kappa shape index (κ1) is 15.5. The Morgan fingerprint density at radius 3 is 2.61 bits per heavy atom. The molecule has 0 spiro atoms. The fraction of sp³-hybridized carbons (Fsp3) is 0.417. The van der Waals surface area contributed by atoms with E-state index in [1.165, 1.54) is 18.0 Å². The predicted octanol–water partition coefficient (Wildman–Crippen LogP) is 2.83. The number of thioether (sulfide) groups is 1. The van der Waals surface area contributed by atoms with Crippen molar-refractivity contribution in [3.63, 3.8) is 0 Å². The molecule has 1 aromatic rings. The van der Waals surface area contributed by atoms with Gasteiger partial charge >= 0.3 is 0 Å². The molecule has 0 fully saturated rings. The summed E-state index contributed by atoms with van der Waals surface area (Å²) < 4.78 is 21.8. The minimum atomic E-state index is -2.97. The second-order valence-electron chi connectivity index (χ2n) is 3.99. The number of halogens is 1. The molecule has 1 aromatic carbocycles. The molecule has 1 rings (SSSR count). The van der Waals surface area contributed by atoms with Crippen molar-refractivity contribution in [3.8, 4) is 0 Å². The summed E-state index contributed by atoms with van der Waals surface area (Å²) in [5.41, 5.74) is 0. The van der Waals surface area contributed by atoms with E-state index in [-0.39, 0.29) is 11.5 Å². The van der Waals surface area contributed by atoms with Crippen molar-refractivity contribution in [2.45, 2.75) is 17.7 Å². The third-order valence-electron chi connectivity index (χ3n) is 2.20. The Balaban J connectivity index is 2.32. The van der Waals surface area contributed by atoms with Crippen LogP contribution in [0.2, 0.25) is 5.02 Å². The quantitative estimate of drug-likeness (QED) is 0.727. The van der Waals surface area contributed by atoms with Crippen molar-refractivity contribution < 1.29 is 13.2 Å². The number of carbonyl (C=O) groups is 1. The van der Waals surface area contributed by atoms with E-state index >= 15 is 0 Å². The Hall–Kier alpha value is -0.520. The van der Waals surface area contributed by atoms with Gasteiger partial charge in [-0.3, -0.25) is 4.79 Å². The Morgan fingerprint density at radius 1 is 1.33 bits per heavy atom. The van der Waals surface area contributed by atoms with Crippen molar-refractivity contribution in [1.82, 2.24) is 0 Å². The minimum Gasteiger partial charge on any atom is -0.299 e. The zero-order chi connectivity index (χ0) is 13.6. The first-order chi connectivity index (χ1) is 8.38. The van der Waals surface area contributed by atoms with Crippen LogP contribution in [0.5, 0.6) is 0 Å². The van der Waals surface area contributed by atoms with E-state index in [4.69, 9.17) is 11.6 Å². The number of Topliss-reactive ketones (excluding diaryl/α,β-unsaturated/α-hetero) is 1. The second-order valence-corrected chi connectivity index (χ2v) is 7.68. The maximum Gasteiger partial charge on any atom is 0.147 e. The van der Waals surface area contributed by atoms with Crippen molar-refractivity contribution in [2.75, 3.05) is 17.8 Å². The van der Waals surface area contributed by atoms with Gasteiger partial charge in [-0.05, 0) is 18.6 Å². The molecular formula is C12H15ClO3S2. The van der Waals surface area contributed by atoms with Crippen LogP contribution in [0.25, 0.3) is 0 Å². The van der Waals surface area contributed by atoms with Crippen LogP contribution in [0.15, 0.2) is 29.2 Å². The van der Waals surface area contributed by atoms with E-state index in [9.17, 15) is 13.2 Å². The molecule has 0 atom stereocenters. The number of benzene rings is 1. The lowest BCUT2D eigenvalue weighted by Crippen LogP contribution is -2.07. The molecule has 0 aliphatic rings. The van der Waals surface area contributed by atoms with E-state index < -0.39 is 9.84 Å². The highest BCUT2D eigenvalue weighted by Crippen LogP contribution is 2.26. The monoisotopic (exact) mass is 306 g/mol. The van der Waals surface area contributed by atoms with Gasteiger partial charge in [0.25, 0.3) is 0 Å². The molecule has 0 radical (unpaired) electrons. The summed E-state index contributed by atoms with van der Waals surface area (Å²) in [6.07, 6.45) is 1.86. The Bertz CT molecular complexity index is 512. The minimum absolute atomic E-state index is 0.0450. The van der Waals surface area contributed by atoms with Gasteiger partial charge in [-0.15, -0.1) is 11.8 Å². The molecule has 0 aromatic heterocycles. The van der Waals surface area contributed by atoms with Gasteiger partial charge in [-0.2, -0.15) is 0 Å². The normalized spacial score (nSPS) is 11.4. The lowest BCUT2D eigenvalue weighted by atomic mass is 10.2. The van der Waals surface area contributed by atoms with Gasteiger partial charge in [-0.25, -0.2) is 8.42 Å². The van der Waals surface area contributed by atoms with Crippen LogP contribution in [0.1, 0.15) is 12.8 Å². The number of rotatable bonds is 7.